The fourth-order valence-corrected chi connectivity index (χ4v) is 5.07. The minimum Gasteiger partial charge on any atom is -0.438 e. The van der Waals surface area contributed by atoms with Crippen LogP contribution in [0, 0.1) is 11.3 Å². The number of para-hydroxylation sites is 1. The third-order valence-electron chi connectivity index (χ3n) is 7.28. The normalized spacial score (nSPS) is 19.6. The van der Waals surface area contributed by atoms with E-state index in [0.29, 0.717) is 30.3 Å². The number of rotatable bonds is 7. The van der Waals surface area contributed by atoms with Crippen molar-refractivity contribution in [3.05, 3.63) is 89.1 Å². The quantitative estimate of drug-likeness (QED) is 0.421. The van der Waals surface area contributed by atoms with Crippen LogP contribution in [0.1, 0.15) is 50.0 Å². The SMILES string of the molecule is CC(C)[C@@H](NC(=O)c1cccnc1Oc1ccccc1)C(=O)N1CC[C@](O)(c2ccc(Cl)cc2)C(C)(C)C1. The lowest BCUT2D eigenvalue weighted by Gasteiger charge is -2.51. The monoisotopic (exact) mass is 535 g/mol. The number of piperidine rings is 1. The van der Waals surface area contributed by atoms with Crippen molar-refractivity contribution < 1.29 is 19.4 Å². The lowest BCUT2D eigenvalue weighted by atomic mass is 9.66. The summed E-state index contributed by atoms with van der Waals surface area (Å²) in [5.74, 6) is -0.0698. The van der Waals surface area contributed by atoms with E-state index in [1.807, 2.05) is 58.0 Å². The zero-order valence-corrected chi connectivity index (χ0v) is 22.9. The zero-order chi connectivity index (χ0) is 27.5. The van der Waals surface area contributed by atoms with Crippen LogP contribution in [0.2, 0.25) is 5.02 Å². The summed E-state index contributed by atoms with van der Waals surface area (Å²) < 4.78 is 5.85. The molecular weight excluding hydrogens is 502 g/mol. The number of pyridine rings is 1. The van der Waals surface area contributed by atoms with Gasteiger partial charge in [0.25, 0.3) is 5.91 Å². The highest BCUT2D eigenvalue weighted by Crippen LogP contribution is 2.46. The van der Waals surface area contributed by atoms with Gasteiger partial charge in [0.2, 0.25) is 11.8 Å². The lowest BCUT2D eigenvalue weighted by molar-refractivity contribution is -0.155. The molecule has 3 aromatic rings. The Morgan fingerprint density at radius 1 is 1.05 bits per heavy atom. The number of likely N-dealkylation sites (tertiary alicyclic amines) is 1. The molecule has 0 unspecified atom stereocenters. The average Bonchev–Trinajstić information content (AvgIpc) is 2.89. The van der Waals surface area contributed by atoms with E-state index >= 15 is 0 Å². The van der Waals surface area contributed by atoms with Crippen molar-refractivity contribution in [2.75, 3.05) is 13.1 Å². The Labute approximate surface area is 228 Å². The number of amides is 2. The molecule has 1 aromatic heterocycles. The summed E-state index contributed by atoms with van der Waals surface area (Å²) in [7, 11) is 0. The number of nitrogens with one attached hydrogen (secondary N) is 1. The summed E-state index contributed by atoms with van der Waals surface area (Å²) in [6.07, 6.45) is 1.92. The van der Waals surface area contributed by atoms with Crippen molar-refractivity contribution in [1.82, 2.24) is 15.2 Å². The smallest absolute Gasteiger partial charge is 0.257 e. The minimum absolute atomic E-state index is 0.165. The Hall–Kier alpha value is -3.42. The molecule has 1 saturated heterocycles. The van der Waals surface area contributed by atoms with E-state index in [-0.39, 0.29) is 23.3 Å². The van der Waals surface area contributed by atoms with E-state index in [0.717, 1.165) is 5.56 Å². The summed E-state index contributed by atoms with van der Waals surface area (Å²) >= 11 is 6.05. The Morgan fingerprint density at radius 3 is 2.37 bits per heavy atom. The molecule has 2 heterocycles. The van der Waals surface area contributed by atoms with Gasteiger partial charge in [-0.2, -0.15) is 0 Å². The summed E-state index contributed by atoms with van der Waals surface area (Å²) in [6.45, 7) is 8.38. The number of ether oxygens (including phenoxy) is 1. The van der Waals surface area contributed by atoms with Crippen molar-refractivity contribution in [2.24, 2.45) is 11.3 Å². The highest BCUT2D eigenvalue weighted by Gasteiger charge is 2.50. The molecule has 1 aliphatic rings. The first-order valence-corrected chi connectivity index (χ1v) is 13.2. The van der Waals surface area contributed by atoms with Crippen LogP contribution in [0.15, 0.2) is 72.9 Å². The molecule has 0 aliphatic carbocycles. The molecule has 7 nitrogen and oxygen atoms in total. The first-order valence-electron chi connectivity index (χ1n) is 12.8. The molecule has 2 amide bonds. The van der Waals surface area contributed by atoms with E-state index < -0.39 is 23.0 Å². The Morgan fingerprint density at radius 2 is 1.74 bits per heavy atom. The van der Waals surface area contributed by atoms with Gasteiger partial charge in [-0.3, -0.25) is 9.59 Å². The van der Waals surface area contributed by atoms with Crippen LogP contribution in [0.3, 0.4) is 0 Å². The Balaban J connectivity index is 1.51. The molecule has 1 aliphatic heterocycles. The molecule has 2 atom stereocenters. The van der Waals surface area contributed by atoms with Crippen molar-refractivity contribution >= 4 is 23.4 Å². The maximum Gasteiger partial charge on any atom is 0.257 e. The van der Waals surface area contributed by atoms with Gasteiger partial charge in [0.1, 0.15) is 17.4 Å². The molecule has 2 N–H and O–H groups in total. The van der Waals surface area contributed by atoms with Gasteiger partial charge in [-0.1, -0.05) is 69.6 Å². The number of hydrogen-bond donors (Lipinski definition) is 2. The average molecular weight is 536 g/mol. The number of carbonyl (C=O) groups is 2. The standard InChI is InChI=1S/C30H34ClN3O4/c1-20(2)25(33-26(35)24-11-8-17-32-27(24)38-23-9-6-5-7-10-23)28(36)34-18-16-30(37,29(3,4)19-34)21-12-14-22(31)15-13-21/h5-15,17,20,25,37H,16,18-19H2,1-4H3,(H,33,35)/t25-,30+/m1/s1. The maximum absolute atomic E-state index is 13.7. The topological polar surface area (TPSA) is 91.8 Å². The van der Waals surface area contributed by atoms with Crippen molar-refractivity contribution in [2.45, 2.75) is 45.8 Å². The molecular formula is C30H34ClN3O4. The van der Waals surface area contributed by atoms with Crippen molar-refractivity contribution in [3.63, 3.8) is 0 Å². The second-order valence-electron chi connectivity index (χ2n) is 10.7. The van der Waals surface area contributed by atoms with E-state index in [4.69, 9.17) is 16.3 Å². The maximum atomic E-state index is 13.7. The molecule has 2 aromatic carbocycles. The number of halogens is 1. The summed E-state index contributed by atoms with van der Waals surface area (Å²) in [5.41, 5.74) is -0.744. The molecule has 0 bridgehead atoms. The van der Waals surface area contributed by atoms with Gasteiger partial charge in [-0.25, -0.2) is 4.98 Å². The van der Waals surface area contributed by atoms with Crippen molar-refractivity contribution in [3.8, 4) is 11.6 Å². The number of benzene rings is 2. The van der Waals surface area contributed by atoms with Gasteiger partial charge in [-0.15, -0.1) is 0 Å². The van der Waals surface area contributed by atoms with Crippen LogP contribution in [-0.4, -0.2) is 45.9 Å². The number of aliphatic hydroxyl groups is 1. The van der Waals surface area contributed by atoms with Crippen LogP contribution in [0.5, 0.6) is 11.6 Å². The highest BCUT2D eigenvalue weighted by molar-refractivity contribution is 6.30. The highest BCUT2D eigenvalue weighted by atomic mass is 35.5. The molecule has 0 radical (unpaired) electrons. The van der Waals surface area contributed by atoms with Crippen LogP contribution in [-0.2, 0) is 10.4 Å². The van der Waals surface area contributed by atoms with Crippen molar-refractivity contribution in [1.29, 1.82) is 0 Å². The molecule has 38 heavy (non-hydrogen) atoms. The van der Waals surface area contributed by atoms with E-state index in [2.05, 4.69) is 10.3 Å². The molecule has 8 heteroatoms. The largest absolute Gasteiger partial charge is 0.438 e. The number of aromatic nitrogens is 1. The van der Waals surface area contributed by atoms with Gasteiger partial charge in [0.15, 0.2) is 0 Å². The first kappa shape index (κ1) is 27.6. The molecule has 0 saturated carbocycles. The zero-order valence-electron chi connectivity index (χ0n) is 22.1. The van der Waals surface area contributed by atoms with Crippen LogP contribution in [0.4, 0.5) is 0 Å². The molecule has 0 spiro atoms. The lowest BCUT2D eigenvalue weighted by Crippen LogP contribution is -2.60. The van der Waals surface area contributed by atoms with Gasteiger partial charge < -0.3 is 20.1 Å². The Kier molecular flexibility index (Phi) is 8.09. The minimum atomic E-state index is -1.12. The van der Waals surface area contributed by atoms with Crippen LogP contribution in [0.25, 0.3) is 0 Å². The summed E-state index contributed by atoms with van der Waals surface area (Å²) in [4.78, 5) is 33.0. The fraction of sp³-hybridized carbons (Fsp3) is 0.367. The molecule has 200 valence electrons. The Bertz CT molecular complexity index is 1280. The first-order chi connectivity index (χ1) is 18.0. The molecule has 4 rings (SSSR count). The van der Waals surface area contributed by atoms with E-state index in [1.165, 1.54) is 0 Å². The predicted molar refractivity (Wildman–Crippen MR) is 147 cm³/mol. The van der Waals surface area contributed by atoms with Crippen LogP contribution >= 0.6 is 11.6 Å². The second kappa shape index (κ2) is 11.1. The fourth-order valence-electron chi connectivity index (χ4n) is 4.95. The summed E-state index contributed by atoms with van der Waals surface area (Å²) in [6, 6.07) is 18.8. The third kappa shape index (κ3) is 5.69. The second-order valence-corrected chi connectivity index (χ2v) is 11.2. The van der Waals surface area contributed by atoms with Gasteiger partial charge in [-0.05, 0) is 54.3 Å². The predicted octanol–water partition coefficient (Wildman–Crippen LogP) is 5.43. The summed E-state index contributed by atoms with van der Waals surface area (Å²) in [5, 5.41) is 15.2. The van der Waals surface area contributed by atoms with E-state index in [9.17, 15) is 14.7 Å². The van der Waals surface area contributed by atoms with Crippen LogP contribution < -0.4 is 10.1 Å². The molecule has 1 fully saturated rings. The number of nitrogens with zero attached hydrogens (tertiary/aromatic N) is 2. The number of hydrogen-bond acceptors (Lipinski definition) is 5. The third-order valence-corrected chi connectivity index (χ3v) is 7.53. The van der Waals surface area contributed by atoms with E-state index in [1.54, 1.807) is 47.5 Å². The van der Waals surface area contributed by atoms with Gasteiger partial charge in [0, 0.05) is 29.7 Å². The van der Waals surface area contributed by atoms with Gasteiger partial charge >= 0.3 is 0 Å². The number of carbonyl (C=O) groups excluding carboxylic acids is 2. The van der Waals surface area contributed by atoms with Gasteiger partial charge in [0.05, 0.1) is 5.60 Å².